The molecule has 0 saturated heterocycles. The van der Waals surface area contributed by atoms with E-state index < -0.39 is 4.92 Å². The minimum Gasteiger partial charge on any atom is -0.355 e. The molecule has 8 heteroatoms. The number of carbonyl (C=O) groups excluding carboxylic acids is 2. The van der Waals surface area contributed by atoms with Crippen molar-refractivity contribution in [3.05, 3.63) is 63.7 Å². The van der Waals surface area contributed by atoms with Gasteiger partial charge in [0.2, 0.25) is 5.91 Å². The van der Waals surface area contributed by atoms with Crippen LogP contribution < -0.4 is 10.6 Å². The summed E-state index contributed by atoms with van der Waals surface area (Å²) < 4.78 is 0. The second-order valence-corrected chi connectivity index (χ2v) is 6.77. The molecule has 0 aliphatic heterocycles. The summed E-state index contributed by atoms with van der Waals surface area (Å²) in [4.78, 5) is 36.2. The van der Waals surface area contributed by atoms with Crippen molar-refractivity contribution in [2.75, 3.05) is 12.4 Å². The number of hydrogen-bond donors (Lipinski definition) is 2. The number of anilines is 2. The van der Waals surface area contributed by atoms with E-state index in [2.05, 4.69) is 10.6 Å². The number of benzene rings is 2. The molecule has 0 radical (unpaired) electrons. The number of amides is 2. The van der Waals surface area contributed by atoms with Crippen LogP contribution in [0.15, 0.2) is 42.5 Å². The Balaban J connectivity index is 1.75. The van der Waals surface area contributed by atoms with Gasteiger partial charge in [-0.25, -0.2) is 0 Å². The number of nitro groups is 1. The lowest BCUT2D eigenvalue weighted by Crippen LogP contribution is -2.30. The Hall–Kier alpha value is -3.42. The fraction of sp³-hybridized carbons (Fsp3) is 0.300. The third-order valence-electron chi connectivity index (χ3n) is 4.66. The lowest BCUT2D eigenvalue weighted by Gasteiger charge is -2.20. The largest absolute Gasteiger partial charge is 0.355 e. The van der Waals surface area contributed by atoms with E-state index in [1.165, 1.54) is 25.2 Å². The molecule has 2 aromatic carbocycles. The quantitative estimate of drug-likeness (QED) is 0.565. The Morgan fingerprint density at radius 2 is 1.86 bits per heavy atom. The zero-order chi connectivity index (χ0) is 20.3. The number of hydrogen-bond acceptors (Lipinski definition) is 5. The fourth-order valence-corrected chi connectivity index (χ4v) is 3.00. The van der Waals surface area contributed by atoms with E-state index in [0.29, 0.717) is 24.0 Å². The molecule has 146 valence electrons. The van der Waals surface area contributed by atoms with Crippen molar-refractivity contribution >= 4 is 28.9 Å². The van der Waals surface area contributed by atoms with Gasteiger partial charge in [-0.05, 0) is 42.7 Å². The first-order chi connectivity index (χ1) is 13.4. The highest BCUT2D eigenvalue weighted by Crippen LogP contribution is 2.30. The Kier molecular flexibility index (Phi) is 5.58. The molecule has 2 amide bonds. The fourth-order valence-electron chi connectivity index (χ4n) is 3.00. The summed E-state index contributed by atoms with van der Waals surface area (Å²) in [5.74, 6) is -0.318. The average Bonchev–Trinajstić information content (AvgIpc) is 3.51. The maximum absolute atomic E-state index is 11.8. The van der Waals surface area contributed by atoms with Crippen LogP contribution in [0, 0.1) is 10.1 Å². The molecule has 3 rings (SSSR count). The van der Waals surface area contributed by atoms with Gasteiger partial charge in [0, 0.05) is 43.9 Å². The number of rotatable bonds is 7. The number of nitrogens with one attached hydrogen (secondary N) is 2. The summed E-state index contributed by atoms with van der Waals surface area (Å²) in [6, 6.07) is 12.1. The van der Waals surface area contributed by atoms with E-state index in [0.717, 1.165) is 18.4 Å². The zero-order valence-corrected chi connectivity index (χ0v) is 15.8. The first-order valence-electron chi connectivity index (χ1n) is 9.02. The Labute approximate surface area is 162 Å². The number of nitro benzene ring substituents is 1. The van der Waals surface area contributed by atoms with E-state index in [1.54, 1.807) is 6.92 Å². The van der Waals surface area contributed by atoms with Gasteiger partial charge in [0.25, 0.3) is 11.6 Å². The van der Waals surface area contributed by atoms with Crippen molar-refractivity contribution in [2.45, 2.75) is 32.4 Å². The number of carbonyl (C=O) groups is 2. The molecule has 0 unspecified atom stereocenters. The van der Waals surface area contributed by atoms with Crippen LogP contribution in [-0.2, 0) is 11.3 Å². The van der Waals surface area contributed by atoms with Gasteiger partial charge in [-0.15, -0.1) is 0 Å². The zero-order valence-electron chi connectivity index (χ0n) is 15.8. The molecule has 1 saturated carbocycles. The van der Waals surface area contributed by atoms with E-state index in [4.69, 9.17) is 0 Å². The van der Waals surface area contributed by atoms with Crippen LogP contribution in [0.25, 0.3) is 0 Å². The SMILES string of the molecule is CNC(=O)c1ccc(Nc2ccc(CN(C(C)=O)C3CC3)cc2)c([N+](=O)[O-])c1. The molecule has 0 bridgehead atoms. The van der Waals surface area contributed by atoms with Gasteiger partial charge >= 0.3 is 0 Å². The summed E-state index contributed by atoms with van der Waals surface area (Å²) in [6.07, 6.45) is 2.10. The minimum atomic E-state index is -0.524. The van der Waals surface area contributed by atoms with Crippen molar-refractivity contribution in [3.8, 4) is 0 Å². The van der Waals surface area contributed by atoms with Gasteiger partial charge in [-0.3, -0.25) is 19.7 Å². The van der Waals surface area contributed by atoms with Crippen LogP contribution in [0.2, 0.25) is 0 Å². The lowest BCUT2D eigenvalue weighted by atomic mass is 10.1. The molecular formula is C20H22N4O4. The molecule has 8 nitrogen and oxygen atoms in total. The minimum absolute atomic E-state index is 0.0662. The predicted octanol–water partition coefficient (Wildman–Crippen LogP) is 3.21. The molecule has 2 aromatic rings. The Morgan fingerprint density at radius 3 is 2.39 bits per heavy atom. The van der Waals surface area contributed by atoms with E-state index >= 15 is 0 Å². The second-order valence-electron chi connectivity index (χ2n) is 6.77. The Bertz CT molecular complexity index is 907. The van der Waals surface area contributed by atoms with Crippen LogP contribution in [0.3, 0.4) is 0 Å². The van der Waals surface area contributed by atoms with Crippen molar-refractivity contribution in [1.82, 2.24) is 10.2 Å². The van der Waals surface area contributed by atoms with Crippen molar-refractivity contribution < 1.29 is 14.5 Å². The molecule has 1 aliphatic carbocycles. The van der Waals surface area contributed by atoms with E-state index in [-0.39, 0.29) is 23.1 Å². The highest BCUT2D eigenvalue weighted by Gasteiger charge is 2.30. The van der Waals surface area contributed by atoms with Crippen LogP contribution >= 0.6 is 0 Å². The third kappa shape index (κ3) is 4.46. The van der Waals surface area contributed by atoms with E-state index in [9.17, 15) is 19.7 Å². The molecule has 0 heterocycles. The van der Waals surface area contributed by atoms with Gasteiger partial charge < -0.3 is 15.5 Å². The normalized spacial score (nSPS) is 12.9. The van der Waals surface area contributed by atoms with Crippen LogP contribution in [0.1, 0.15) is 35.7 Å². The first kappa shape index (κ1) is 19.3. The van der Waals surface area contributed by atoms with E-state index in [1.807, 2.05) is 29.2 Å². The van der Waals surface area contributed by atoms with Crippen molar-refractivity contribution in [3.63, 3.8) is 0 Å². The van der Waals surface area contributed by atoms with Crippen molar-refractivity contribution in [1.29, 1.82) is 0 Å². The van der Waals surface area contributed by atoms with Crippen molar-refractivity contribution in [2.24, 2.45) is 0 Å². The standard InChI is InChI=1S/C20H22N4O4/c1-13(25)23(17-8-9-17)12-14-3-6-16(7-4-14)22-18-10-5-15(20(26)21-2)11-19(18)24(27)28/h3-7,10-11,17,22H,8-9,12H2,1-2H3,(H,21,26). The molecule has 0 aromatic heterocycles. The number of nitrogens with zero attached hydrogens (tertiary/aromatic N) is 2. The van der Waals surface area contributed by atoms with Gasteiger partial charge in [0.1, 0.15) is 5.69 Å². The summed E-state index contributed by atoms with van der Waals surface area (Å²) >= 11 is 0. The molecule has 28 heavy (non-hydrogen) atoms. The molecule has 0 spiro atoms. The van der Waals surface area contributed by atoms with Gasteiger partial charge in [0.05, 0.1) is 4.92 Å². The first-order valence-corrected chi connectivity index (χ1v) is 9.02. The van der Waals surface area contributed by atoms with Gasteiger partial charge in [-0.1, -0.05) is 12.1 Å². The maximum Gasteiger partial charge on any atom is 0.293 e. The van der Waals surface area contributed by atoms with Gasteiger partial charge in [-0.2, -0.15) is 0 Å². The molecule has 2 N–H and O–H groups in total. The highest BCUT2D eigenvalue weighted by molar-refractivity contribution is 5.95. The summed E-state index contributed by atoms with van der Waals surface area (Å²) in [7, 11) is 1.47. The average molecular weight is 382 g/mol. The summed E-state index contributed by atoms with van der Waals surface area (Å²) in [5, 5.41) is 16.9. The summed E-state index contributed by atoms with van der Waals surface area (Å²) in [5.41, 5.74) is 2.02. The third-order valence-corrected chi connectivity index (χ3v) is 4.66. The smallest absolute Gasteiger partial charge is 0.293 e. The van der Waals surface area contributed by atoms with Crippen LogP contribution in [0.5, 0.6) is 0 Å². The lowest BCUT2D eigenvalue weighted by molar-refractivity contribution is -0.383. The predicted molar refractivity (Wildman–Crippen MR) is 105 cm³/mol. The summed E-state index contributed by atoms with van der Waals surface area (Å²) in [6.45, 7) is 2.14. The van der Waals surface area contributed by atoms with Crippen LogP contribution in [0.4, 0.5) is 17.1 Å². The molecule has 1 fully saturated rings. The monoisotopic (exact) mass is 382 g/mol. The molecule has 1 aliphatic rings. The maximum atomic E-state index is 11.8. The topological polar surface area (TPSA) is 105 Å². The van der Waals surface area contributed by atoms with Crippen LogP contribution in [-0.4, -0.2) is 34.7 Å². The highest BCUT2D eigenvalue weighted by atomic mass is 16.6. The molecule has 0 atom stereocenters. The van der Waals surface area contributed by atoms with Gasteiger partial charge in [0.15, 0.2) is 0 Å². The Morgan fingerprint density at radius 1 is 1.18 bits per heavy atom. The second kappa shape index (κ2) is 8.08. The molecular weight excluding hydrogens is 360 g/mol.